The molecule has 4 heteroatoms. The minimum absolute atomic E-state index is 0.334. The number of hydrogen-bond acceptors (Lipinski definition) is 3. The maximum atomic E-state index is 11.7. The van der Waals surface area contributed by atoms with Crippen molar-refractivity contribution in [2.24, 2.45) is 0 Å². The largest absolute Gasteiger partial charge is 0.497 e. The normalized spacial score (nSPS) is 10.2. The molecular formula is C14H15NO3. The molecular weight excluding hydrogens is 230 g/mol. The number of hydrogen-bond donors (Lipinski definition) is 1. The van der Waals surface area contributed by atoms with Crippen LogP contribution >= 0.6 is 0 Å². The Balaban J connectivity index is 2.47. The lowest BCUT2D eigenvalue weighted by Gasteiger charge is -2.05. The van der Waals surface area contributed by atoms with Gasteiger partial charge in [-0.05, 0) is 24.6 Å². The highest BCUT2D eigenvalue weighted by molar-refractivity contribution is 5.98. The molecule has 0 fully saturated rings. The zero-order chi connectivity index (χ0) is 13.1. The van der Waals surface area contributed by atoms with E-state index in [1.807, 2.05) is 37.4 Å². The number of ether oxygens (including phenoxy) is 2. The summed E-state index contributed by atoms with van der Waals surface area (Å²) in [6.45, 7) is 1.85. The SMILES string of the molecule is COC(=O)c1c(-c2ccc(OC)cc2)c[nH]c1C. The molecule has 0 radical (unpaired) electrons. The summed E-state index contributed by atoms with van der Waals surface area (Å²) < 4.78 is 9.91. The van der Waals surface area contributed by atoms with Crippen LogP contribution in [0.3, 0.4) is 0 Å². The first-order valence-electron chi connectivity index (χ1n) is 5.58. The minimum atomic E-state index is -0.334. The lowest BCUT2D eigenvalue weighted by Crippen LogP contribution is -2.03. The lowest BCUT2D eigenvalue weighted by molar-refractivity contribution is 0.0601. The molecule has 0 saturated heterocycles. The average molecular weight is 245 g/mol. The maximum Gasteiger partial charge on any atom is 0.340 e. The first-order valence-corrected chi connectivity index (χ1v) is 5.58. The number of aryl methyl sites for hydroxylation is 1. The third-order valence-electron chi connectivity index (χ3n) is 2.87. The molecule has 2 rings (SSSR count). The summed E-state index contributed by atoms with van der Waals surface area (Å²) in [4.78, 5) is 14.8. The number of carbonyl (C=O) groups is 1. The molecule has 0 amide bonds. The highest BCUT2D eigenvalue weighted by atomic mass is 16.5. The Bertz CT molecular complexity index is 555. The first-order chi connectivity index (χ1) is 8.67. The maximum absolute atomic E-state index is 11.7. The molecule has 1 aromatic heterocycles. The van der Waals surface area contributed by atoms with E-state index in [4.69, 9.17) is 9.47 Å². The molecule has 2 aromatic rings. The van der Waals surface area contributed by atoms with Crippen LogP contribution in [0.15, 0.2) is 30.5 Å². The second-order valence-electron chi connectivity index (χ2n) is 3.92. The lowest BCUT2D eigenvalue weighted by atomic mass is 10.0. The molecule has 0 aliphatic heterocycles. The number of carbonyl (C=O) groups excluding carboxylic acids is 1. The molecule has 18 heavy (non-hydrogen) atoms. The summed E-state index contributed by atoms with van der Waals surface area (Å²) in [6.07, 6.45) is 1.81. The fraction of sp³-hybridized carbons (Fsp3) is 0.214. The van der Waals surface area contributed by atoms with Crippen LogP contribution in [-0.2, 0) is 4.74 Å². The standard InChI is InChI=1S/C14H15NO3/c1-9-13(14(16)18-3)12(8-15-9)10-4-6-11(17-2)7-5-10/h4-8,15H,1-3H3. The number of H-pyrrole nitrogens is 1. The molecule has 0 unspecified atom stereocenters. The predicted molar refractivity (Wildman–Crippen MR) is 68.9 cm³/mol. The second kappa shape index (κ2) is 4.96. The Kier molecular flexibility index (Phi) is 3.37. The third kappa shape index (κ3) is 2.09. The molecule has 0 aliphatic carbocycles. The van der Waals surface area contributed by atoms with Gasteiger partial charge in [-0.25, -0.2) is 4.79 Å². The van der Waals surface area contributed by atoms with E-state index >= 15 is 0 Å². The molecule has 1 aromatic carbocycles. The van der Waals surface area contributed by atoms with Gasteiger partial charge in [0.1, 0.15) is 5.75 Å². The summed E-state index contributed by atoms with van der Waals surface area (Å²) in [5.41, 5.74) is 3.15. The molecule has 0 saturated carbocycles. The summed E-state index contributed by atoms with van der Waals surface area (Å²) in [5, 5.41) is 0. The number of aromatic amines is 1. The number of esters is 1. The number of methoxy groups -OCH3 is 2. The van der Waals surface area contributed by atoms with Gasteiger partial charge in [0.25, 0.3) is 0 Å². The van der Waals surface area contributed by atoms with E-state index in [0.717, 1.165) is 22.6 Å². The van der Waals surface area contributed by atoms with Crippen LogP contribution < -0.4 is 4.74 Å². The smallest absolute Gasteiger partial charge is 0.340 e. The Morgan fingerprint density at radius 1 is 1.17 bits per heavy atom. The van der Waals surface area contributed by atoms with E-state index in [1.165, 1.54) is 7.11 Å². The van der Waals surface area contributed by atoms with Gasteiger partial charge >= 0.3 is 5.97 Å². The van der Waals surface area contributed by atoms with Gasteiger partial charge in [0.15, 0.2) is 0 Å². The number of aromatic nitrogens is 1. The molecule has 1 N–H and O–H groups in total. The number of nitrogens with one attached hydrogen (secondary N) is 1. The van der Waals surface area contributed by atoms with Crippen molar-refractivity contribution >= 4 is 5.97 Å². The van der Waals surface area contributed by atoms with Crippen molar-refractivity contribution in [2.45, 2.75) is 6.92 Å². The van der Waals surface area contributed by atoms with E-state index in [0.29, 0.717) is 5.56 Å². The Morgan fingerprint density at radius 2 is 1.83 bits per heavy atom. The van der Waals surface area contributed by atoms with Gasteiger partial charge in [0.05, 0.1) is 19.8 Å². The van der Waals surface area contributed by atoms with Crippen molar-refractivity contribution in [1.29, 1.82) is 0 Å². The van der Waals surface area contributed by atoms with Crippen molar-refractivity contribution in [3.8, 4) is 16.9 Å². The van der Waals surface area contributed by atoms with Crippen LogP contribution in [-0.4, -0.2) is 25.2 Å². The summed E-state index contributed by atoms with van der Waals surface area (Å²) in [6, 6.07) is 7.54. The molecule has 0 atom stereocenters. The molecule has 0 spiro atoms. The summed E-state index contributed by atoms with van der Waals surface area (Å²) >= 11 is 0. The Labute approximate surface area is 106 Å². The van der Waals surface area contributed by atoms with Crippen LogP contribution in [0.4, 0.5) is 0 Å². The van der Waals surface area contributed by atoms with Gasteiger partial charge in [0, 0.05) is 17.5 Å². The molecule has 0 aliphatic rings. The van der Waals surface area contributed by atoms with Crippen molar-refractivity contribution < 1.29 is 14.3 Å². The quantitative estimate of drug-likeness (QED) is 0.846. The zero-order valence-electron chi connectivity index (χ0n) is 10.6. The molecule has 0 bridgehead atoms. The van der Waals surface area contributed by atoms with Crippen molar-refractivity contribution in [3.63, 3.8) is 0 Å². The van der Waals surface area contributed by atoms with Gasteiger partial charge < -0.3 is 14.5 Å². The second-order valence-corrected chi connectivity index (χ2v) is 3.92. The van der Waals surface area contributed by atoms with Gasteiger partial charge in [-0.15, -0.1) is 0 Å². The Hall–Kier alpha value is -2.23. The van der Waals surface area contributed by atoms with Gasteiger partial charge in [-0.2, -0.15) is 0 Å². The van der Waals surface area contributed by atoms with Crippen molar-refractivity contribution in [2.75, 3.05) is 14.2 Å². The fourth-order valence-corrected chi connectivity index (χ4v) is 1.89. The van der Waals surface area contributed by atoms with Crippen LogP contribution in [0, 0.1) is 6.92 Å². The number of rotatable bonds is 3. The molecule has 1 heterocycles. The minimum Gasteiger partial charge on any atom is -0.497 e. The van der Waals surface area contributed by atoms with E-state index in [-0.39, 0.29) is 5.97 Å². The van der Waals surface area contributed by atoms with E-state index in [2.05, 4.69) is 4.98 Å². The number of benzene rings is 1. The highest BCUT2D eigenvalue weighted by Gasteiger charge is 2.17. The molecule has 94 valence electrons. The highest BCUT2D eigenvalue weighted by Crippen LogP contribution is 2.28. The van der Waals surface area contributed by atoms with Crippen LogP contribution in [0.5, 0.6) is 5.75 Å². The fourth-order valence-electron chi connectivity index (χ4n) is 1.89. The van der Waals surface area contributed by atoms with Crippen molar-refractivity contribution in [1.82, 2.24) is 4.98 Å². The average Bonchev–Trinajstić information content (AvgIpc) is 2.80. The van der Waals surface area contributed by atoms with E-state index < -0.39 is 0 Å². The van der Waals surface area contributed by atoms with E-state index in [9.17, 15) is 4.79 Å². The van der Waals surface area contributed by atoms with Gasteiger partial charge in [-0.1, -0.05) is 12.1 Å². The first kappa shape index (κ1) is 12.2. The van der Waals surface area contributed by atoms with Crippen LogP contribution in [0.25, 0.3) is 11.1 Å². The summed E-state index contributed by atoms with van der Waals surface area (Å²) in [5.74, 6) is 0.449. The molecule has 4 nitrogen and oxygen atoms in total. The van der Waals surface area contributed by atoms with Crippen LogP contribution in [0.1, 0.15) is 16.1 Å². The topological polar surface area (TPSA) is 51.3 Å². The Morgan fingerprint density at radius 3 is 2.39 bits per heavy atom. The zero-order valence-corrected chi connectivity index (χ0v) is 10.6. The van der Waals surface area contributed by atoms with Crippen molar-refractivity contribution in [3.05, 3.63) is 41.7 Å². The van der Waals surface area contributed by atoms with Gasteiger partial charge in [-0.3, -0.25) is 0 Å². The third-order valence-corrected chi connectivity index (χ3v) is 2.87. The summed E-state index contributed by atoms with van der Waals surface area (Å²) in [7, 11) is 3.00. The monoisotopic (exact) mass is 245 g/mol. The van der Waals surface area contributed by atoms with E-state index in [1.54, 1.807) is 7.11 Å². The van der Waals surface area contributed by atoms with Crippen LogP contribution in [0.2, 0.25) is 0 Å². The van der Waals surface area contributed by atoms with Gasteiger partial charge in [0.2, 0.25) is 0 Å². The predicted octanol–water partition coefficient (Wildman–Crippen LogP) is 2.79.